The zero-order valence-corrected chi connectivity index (χ0v) is 15.9. The SMILES string of the molecule is N#CNC(=N[C@@H]1c2cc(C#N)ccc2OC2(CCCCC2)[C@H]1O)c1cccnc1. The van der Waals surface area contributed by atoms with Crippen LogP contribution < -0.4 is 10.1 Å². The van der Waals surface area contributed by atoms with Crippen LogP contribution in [-0.4, -0.2) is 27.6 Å². The summed E-state index contributed by atoms with van der Waals surface area (Å²) in [5, 5.41) is 32.5. The molecule has 1 saturated carbocycles. The lowest BCUT2D eigenvalue weighted by Crippen LogP contribution is -2.54. The van der Waals surface area contributed by atoms with Crippen molar-refractivity contribution in [2.45, 2.75) is 49.9 Å². The first-order valence-corrected chi connectivity index (χ1v) is 9.71. The first-order valence-electron chi connectivity index (χ1n) is 9.71. The van der Waals surface area contributed by atoms with Crippen molar-refractivity contribution in [2.75, 3.05) is 0 Å². The van der Waals surface area contributed by atoms with Crippen LogP contribution in [0.3, 0.4) is 0 Å². The Morgan fingerprint density at radius 3 is 2.76 bits per heavy atom. The van der Waals surface area contributed by atoms with Gasteiger partial charge in [0.05, 0.1) is 11.6 Å². The van der Waals surface area contributed by atoms with Crippen LogP contribution >= 0.6 is 0 Å². The van der Waals surface area contributed by atoms with Crippen molar-refractivity contribution in [3.63, 3.8) is 0 Å². The molecule has 7 heteroatoms. The average Bonchev–Trinajstić information content (AvgIpc) is 2.77. The molecule has 0 radical (unpaired) electrons. The third kappa shape index (κ3) is 3.53. The van der Waals surface area contributed by atoms with E-state index >= 15 is 0 Å². The maximum absolute atomic E-state index is 11.4. The minimum Gasteiger partial charge on any atom is -0.484 e. The van der Waals surface area contributed by atoms with Crippen LogP contribution in [0.4, 0.5) is 0 Å². The van der Waals surface area contributed by atoms with Crippen LogP contribution in [0.25, 0.3) is 0 Å². The maximum Gasteiger partial charge on any atom is 0.182 e. The van der Waals surface area contributed by atoms with Gasteiger partial charge < -0.3 is 9.84 Å². The third-order valence-corrected chi connectivity index (χ3v) is 5.69. The summed E-state index contributed by atoms with van der Waals surface area (Å²) in [4.78, 5) is 8.84. The van der Waals surface area contributed by atoms with Crippen LogP contribution in [0.5, 0.6) is 5.75 Å². The van der Waals surface area contributed by atoms with E-state index in [9.17, 15) is 15.6 Å². The quantitative estimate of drug-likeness (QED) is 0.354. The Morgan fingerprint density at radius 2 is 2.07 bits per heavy atom. The normalized spacial score (nSPS) is 22.7. The van der Waals surface area contributed by atoms with Crippen molar-refractivity contribution in [1.29, 1.82) is 10.5 Å². The maximum atomic E-state index is 11.4. The molecule has 0 bridgehead atoms. The Morgan fingerprint density at radius 1 is 1.24 bits per heavy atom. The van der Waals surface area contributed by atoms with Crippen molar-refractivity contribution in [2.24, 2.45) is 4.99 Å². The van der Waals surface area contributed by atoms with Gasteiger partial charge in [0.25, 0.3) is 0 Å². The van der Waals surface area contributed by atoms with E-state index in [-0.39, 0.29) is 0 Å². The van der Waals surface area contributed by atoms with E-state index in [1.807, 2.05) is 6.19 Å². The molecule has 1 spiro atoms. The second-order valence-electron chi connectivity index (χ2n) is 7.44. The molecule has 2 atom stereocenters. The zero-order chi connectivity index (χ0) is 20.3. The Bertz CT molecular complexity index is 1000. The molecular weight excluding hydrogens is 366 g/mol. The van der Waals surface area contributed by atoms with E-state index < -0.39 is 17.7 Å². The molecule has 29 heavy (non-hydrogen) atoms. The highest BCUT2D eigenvalue weighted by Crippen LogP contribution is 2.48. The van der Waals surface area contributed by atoms with E-state index in [4.69, 9.17) is 9.73 Å². The van der Waals surface area contributed by atoms with Crippen LogP contribution in [0, 0.1) is 22.8 Å². The fourth-order valence-corrected chi connectivity index (χ4v) is 4.24. The predicted molar refractivity (Wildman–Crippen MR) is 106 cm³/mol. The molecule has 1 aromatic carbocycles. The molecule has 146 valence electrons. The average molecular weight is 387 g/mol. The molecule has 1 aliphatic heterocycles. The highest BCUT2D eigenvalue weighted by Gasteiger charge is 2.50. The molecule has 4 rings (SSSR count). The van der Waals surface area contributed by atoms with Crippen LogP contribution in [0.2, 0.25) is 0 Å². The number of pyridine rings is 1. The molecule has 1 aromatic heterocycles. The lowest BCUT2D eigenvalue weighted by atomic mass is 9.75. The van der Waals surface area contributed by atoms with Gasteiger partial charge in [0.15, 0.2) is 6.19 Å². The molecule has 7 nitrogen and oxygen atoms in total. The van der Waals surface area contributed by atoms with Crippen molar-refractivity contribution < 1.29 is 9.84 Å². The summed E-state index contributed by atoms with van der Waals surface area (Å²) < 4.78 is 6.32. The molecule has 0 unspecified atom stereocenters. The Labute approximate surface area is 169 Å². The minimum atomic E-state index is -0.892. The van der Waals surface area contributed by atoms with Gasteiger partial charge in [-0.3, -0.25) is 15.3 Å². The Balaban J connectivity index is 1.85. The van der Waals surface area contributed by atoms with Gasteiger partial charge in [0.2, 0.25) is 0 Å². The molecule has 2 aromatic rings. The summed E-state index contributed by atoms with van der Waals surface area (Å²) in [5.41, 5.74) is 1.05. The summed E-state index contributed by atoms with van der Waals surface area (Å²) in [7, 11) is 0. The number of aliphatic imine (C=N–C) groups is 1. The van der Waals surface area contributed by atoms with Crippen LogP contribution in [0.15, 0.2) is 47.7 Å². The summed E-state index contributed by atoms with van der Waals surface area (Å²) in [6.45, 7) is 0. The van der Waals surface area contributed by atoms with E-state index in [0.29, 0.717) is 28.3 Å². The van der Waals surface area contributed by atoms with Crippen molar-refractivity contribution in [3.05, 3.63) is 59.4 Å². The molecule has 0 saturated heterocycles. The summed E-state index contributed by atoms with van der Waals surface area (Å²) in [5.74, 6) is 0.957. The Hall–Kier alpha value is -3.42. The lowest BCUT2D eigenvalue weighted by molar-refractivity contribution is -0.101. The van der Waals surface area contributed by atoms with Gasteiger partial charge in [-0.1, -0.05) is 6.42 Å². The first-order chi connectivity index (χ1) is 14.2. The number of ether oxygens (including phenoxy) is 1. The van der Waals surface area contributed by atoms with Gasteiger partial charge in [-0.2, -0.15) is 10.5 Å². The van der Waals surface area contributed by atoms with Crippen LogP contribution in [0.1, 0.15) is 54.8 Å². The zero-order valence-electron chi connectivity index (χ0n) is 15.9. The summed E-state index contributed by atoms with van der Waals surface area (Å²) in [6, 6.07) is 10.2. The number of aliphatic hydroxyl groups excluding tert-OH is 1. The fraction of sp³-hybridized carbons (Fsp3) is 0.364. The number of nitrogens with one attached hydrogen (secondary N) is 1. The standard InChI is InChI=1S/C22H21N5O2/c23-12-15-6-7-18-17(11-15)19(20(28)22(29-18)8-2-1-3-9-22)27-21(26-14-24)16-5-4-10-25-13-16/h4-7,10-11,13,19-20,28H,1-3,8-9H2,(H,26,27)/t19-,20+/m1/s1. The molecular formula is C22H21N5O2. The number of rotatable bonds is 2. The molecule has 0 amide bonds. The number of hydrogen-bond donors (Lipinski definition) is 2. The number of fused-ring (bicyclic) bond motifs is 1. The predicted octanol–water partition coefficient (Wildman–Crippen LogP) is 2.97. The van der Waals surface area contributed by atoms with Gasteiger partial charge in [-0.15, -0.1) is 0 Å². The van der Waals surface area contributed by atoms with Crippen LogP contribution in [-0.2, 0) is 0 Å². The van der Waals surface area contributed by atoms with Gasteiger partial charge in [-0.05, 0) is 56.0 Å². The summed E-state index contributed by atoms with van der Waals surface area (Å²) in [6.07, 6.45) is 8.83. The first kappa shape index (κ1) is 18.9. The second kappa shape index (κ2) is 7.90. The van der Waals surface area contributed by atoms with E-state index in [1.165, 1.54) is 0 Å². The monoisotopic (exact) mass is 387 g/mol. The van der Waals surface area contributed by atoms with E-state index in [2.05, 4.69) is 16.4 Å². The number of amidine groups is 1. The number of nitrogens with zero attached hydrogens (tertiary/aromatic N) is 4. The van der Waals surface area contributed by atoms with Crippen molar-refractivity contribution >= 4 is 5.84 Å². The van der Waals surface area contributed by atoms with Gasteiger partial charge in [0.1, 0.15) is 29.3 Å². The molecule has 2 heterocycles. The van der Waals surface area contributed by atoms with Crippen molar-refractivity contribution in [1.82, 2.24) is 10.3 Å². The van der Waals surface area contributed by atoms with Gasteiger partial charge >= 0.3 is 0 Å². The largest absolute Gasteiger partial charge is 0.484 e. The summed E-state index contributed by atoms with van der Waals surface area (Å²) >= 11 is 0. The number of benzene rings is 1. The van der Waals surface area contributed by atoms with Gasteiger partial charge in [0, 0.05) is 23.5 Å². The molecule has 1 aliphatic carbocycles. The number of hydrogen-bond acceptors (Lipinski definition) is 6. The molecule has 2 aliphatic rings. The topological polar surface area (TPSA) is 114 Å². The number of aromatic nitrogens is 1. The highest BCUT2D eigenvalue weighted by atomic mass is 16.5. The fourth-order valence-electron chi connectivity index (χ4n) is 4.24. The number of nitriles is 2. The van der Waals surface area contributed by atoms with E-state index in [1.54, 1.807) is 42.7 Å². The second-order valence-corrected chi connectivity index (χ2v) is 7.44. The highest BCUT2D eigenvalue weighted by molar-refractivity contribution is 5.99. The Kier molecular flexibility index (Phi) is 5.16. The minimum absolute atomic E-state index is 0.325. The van der Waals surface area contributed by atoms with Gasteiger partial charge in [-0.25, -0.2) is 0 Å². The third-order valence-electron chi connectivity index (χ3n) is 5.69. The lowest BCUT2D eigenvalue weighted by Gasteiger charge is -2.47. The van der Waals surface area contributed by atoms with Crippen molar-refractivity contribution in [3.8, 4) is 18.0 Å². The van der Waals surface area contributed by atoms with E-state index in [0.717, 1.165) is 32.1 Å². The molecule has 1 fully saturated rings. The molecule has 2 N–H and O–H groups in total. The number of aliphatic hydroxyl groups is 1. The smallest absolute Gasteiger partial charge is 0.182 e.